The smallest absolute Gasteiger partial charge is 0.00451 e. The molecule has 1 nitrogen and oxygen atoms in total. The van der Waals surface area contributed by atoms with Crippen molar-refractivity contribution in [3.05, 3.63) is 11.8 Å². The van der Waals surface area contributed by atoms with E-state index in [2.05, 4.69) is 20.8 Å². The highest BCUT2D eigenvalue weighted by Gasteiger charge is 2.58. The molecule has 2 unspecified atom stereocenters. The first-order valence-electron chi connectivity index (χ1n) is 4.93. The average molecular weight is 165 g/mol. The Morgan fingerprint density at radius 1 is 1.42 bits per heavy atom. The minimum absolute atomic E-state index is 0.409. The molecule has 0 aliphatic heterocycles. The molecule has 2 bridgehead atoms. The standard InChI is InChI=1S/C11H19N/c1-10(2)8-4-5-11(10,3)9(6-8)7-12/h7-8H,4-6,12H2,1-3H3. The molecular formula is C11H19N. The molecule has 68 valence electrons. The Hall–Kier alpha value is -0.460. The second-order valence-corrected chi connectivity index (χ2v) is 5.19. The molecule has 0 aromatic rings. The van der Waals surface area contributed by atoms with Gasteiger partial charge in [0, 0.05) is 0 Å². The molecule has 2 aliphatic carbocycles. The van der Waals surface area contributed by atoms with Gasteiger partial charge in [0.15, 0.2) is 0 Å². The average Bonchev–Trinajstić information content (AvgIpc) is 2.34. The van der Waals surface area contributed by atoms with Gasteiger partial charge in [0.05, 0.1) is 0 Å². The van der Waals surface area contributed by atoms with Crippen LogP contribution in [0.5, 0.6) is 0 Å². The van der Waals surface area contributed by atoms with Gasteiger partial charge in [-0.2, -0.15) is 0 Å². The van der Waals surface area contributed by atoms with Gasteiger partial charge in [0.1, 0.15) is 0 Å². The summed E-state index contributed by atoms with van der Waals surface area (Å²) in [5, 5.41) is 0. The molecule has 0 saturated heterocycles. The number of rotatable bonds is 0. The van der Waals surface area contributed by atoms with Crippen molar-refractivity contribution in [3.8, 4) is 0 Å². The van der Waals surface area contributed by atoms with Crippen LogP contribution in [0, 0.1) is 16.7 Å². The molecule has 0 spiro atoms. The van der Waals surface area contributed by atoms with E-state index in [0.717, 1.165) is 5.92 Å². The number of hydrogen-bond acceptors (Lipinski definition) is 1. The van der Waals surface area contributed by atoms with E-state index in [9.17, 15) is 0 Å². The summed E-state index contributed by atoms with van der Waals surface area (Å²) in [6.07, 6.45) is 5.86. The van der Waals surface area contributed by atoms with Gasteiger partial charge in [0.2, 0.25) is 0 Å². The maximum absolute atomic E-state index is 5.66. The predicted molar refractivity (Wildman–Crippen MR) is 51.5 cm³/mol. The molecule has 2 rings (SSSR count). The van der Waals surface area contributed by atoms with Gasteiger partial charge in [-0.15, -0.1) is 0 Å². The Bertz CT molecular complexity index is 239. The monoisotopic (exact) mass is 165 g/mol. The SMILES string of the molecule is CC12CCC(CC1=CN)C2(C)C. The summed E-state index contributed by atoms with van der Waals surface area (Å²) in [7, 11) is 0. The van der Waals surface area contributed by atoms with Crippen LogP contribution in [-0.2, 0) is 0 Å². The van der Waals surface area contributed by atoms with Crippen molar-refractivity contribution in [2.45, 2.75) is 40.0 Å². The van der Waals surface area contributed by atoms with Crippen LogP contribution in [0.3, 0.4) is 0 Å². The summed E-state index contributed by atoms with van der Waals surface area (Å²) < 4.78 is 0. The first-order valence-corrected chi connectivity index (χ1v) is 4.93. The van der Waals surface area contributed by atoms with Crippen molar-refractivity contribution in [2.75, 3.05) is 0 Å². The fourth-order valence-electron chi connectivity index (χ4n) is 3.27. The molecule has 0 radical (unpaired) electrons. The van der Waals surface area contributed by atoms with Crippen molar-refractivity contribution in [2.24, 2.45) is 22.5 Å². The molecular weight excluding hydrogens is 146 g/mol. The first-order chi connectivity index (χ1) is 5.52. The molecule has 0 aromatic carbocycles. The van der Waals surface area contributed by atoms with E-state index in [1.54, 1.807) is 0 Å². The third-order valence-corrected chi connectivity index (χ3v) is 4.81. The molecule has 2 saturated carbocycles. The Balaban J connectivity index is 2.46. The largest absolute Gasteiger partial charge is 0.405 e. The van der Waals surface area contributed by atoms with Crippen LogP contribution < -0.4 is 5.73 Å². The lowest BCUT2D eigenvalue weighted by atomic mass is 9.69. The van der Waals surface area contributed by atoms with E-state index in [1.165, 1.54) is 24.8 Å². The lowest BCUT2D eigenvalue weighted by Crippen LogP contribution is -2.28. The van der Waals surface area contributed by atoms with Crippen LogP contribution in [0.25, 0.3) is 0 Å². The molecule has 0 amide bonds. The third-order valence-electron chi connectivity index (χ3n) is 4.81. The molecule has 2 fully saturated rings. The number of hydrogen-bond donors (Lipinski definition) is 1. The topological polar surface area (TPSA) is 26.0 Å². The molecule has 2 atom stereocenters. The summed E-state index contributed by atoms with van der Waals surface area (Å²) in [5.41, 5.74) is 8.06. The summed E-state index contributed by atoms with van der Waals surface area (Å²) in [5.74, 6) is 0.886. The van der Waals surface area contributed by atoms with Gasteiger partial charge in [-0.05, 0) is 47.8 Å². The van der Waals surface area contributed by atoms with Gasteiger partial charge >= 0.3 is 0 Å². The van der Waals surface area contributed by atoms with Gasteiger partial charge in [0.25, 0.3) is 0 Å². The highest BCUT2D eigenvalue weighted by Crippen LogP contribution is 2.67. The van der Waals surface area contributed by atoms with Crippen LogP contribution in [0.2, 0.25) is 0 Å². The minimum Gasteiger partial charge on any atom is -0.405 e. The summed E-state index contributed by atoms with van der Waals surface area (Å²) >= 11 is 0. The van der Waals surface area contributed by atoms with Crippen molar-refractivity contribution < 1.29 is 0 Å². The maximum Gasteiger partial charge on any atom is -0.00451 e. The third kappa shape index (κ3) is 0.657. The van der Waals surface area contributed by atoms with E-state index in [1.807, 2.05) is 6.20 Å². The molecule has 1 heteroatoms. The van der Waals surface area contributed by atoms with E-state index in [0.29, 0.717) is 10.8 Å². The quantitative estimate of drug-likeness (QED) is 0.586. The molecule has 12 heavy (non-hydrogen) atoms. The van der Waals surface area contributed by atoms with E-state index in [4.69, 9.17) is 5.73 Å². The van der Waals surface area contributed by atoms with E-state index >= 15 is 0 Å². The molecule has 2 aliphatic rings. The molecule has 0 aromatic heterocycles. The van der Waals surface area contributed by atoms with Crippen molar-refractivity contribution in [3.63, 3.8) is 0 Å². The van der Waals surface area contributed by atoms with Crippen molar-refractivity contribution >= 4 is 0 Å². The van der Waals surface area contributed by atoms with Crippen LogP contribution in [-0.4, -0.2) is 0 Å². The second kappa shape index (κ2) is 2.07. The fourth-order valence-corrected chi connectivity index (χ4v) is 3.27. The number of allylic oxidation sites excluding steroid dienone is 1. The highest BCUT2D eigenvalue weighted by atomic mass is 14.6. The van der Waals surface area contributed by atoms with Crippen molar-refractivity contribution in [1.29, 1.82) is 0 Å². The van der Waals surface area contributed by atoms with Gasteiger partial charge in [-0.25, -0.2) is 0 Å². The summed E-state index contributed by atoms with van der Waals surface area (Å²) in [6, 6.07) is 0. The lowest BCUT2D eigenvalue weighted by Gasteiger charge is -2.35. The lowest BCUT2D eigenvalue weighted by molar-refractivity contribution is 0.179. The van der Waals surface area contributed by atoms with Crippen LogP contribution >= 0.6 is 0 Å². The molecule has 2 N–H and O–H groups in total. The van der Waals surface area contributed by atoms with Gasteiger partial charge < -0.3 is 5.73 Å². The number of nitrogens with two attached hydrogens (primary N) is 1. The van der Waals surface area contributed by atoms with Gasteiger partial charge in [-0.3, -0.25) is 0 Å². The Kier molecular flexibility index (Phi) is 1.40. The highest BCUT2D eigenvalue weighted by molar-refractivity contribution is 5.28. The predicted octanol–water partition coefficient (Wildman–Crippen LogP) is 2.68. The van der Waals surface area contributed by atoms with Gasteiger partial charge in [-0.1, -0.05) is 20.8 Å². The summed E-state index contributed by atoms with van der Waals surface area (Å²) in [6.45, 7) is 7.20. The van der Waals surface area contributed by atoms with E-state index < -0.39 is 0 Å². The Labute approximate surface area is 75.0 Å². The second-order valence-electron chi connectivity index (χ2n) is 5.19. The zero-order valence-electron chi connectivity index (χ0n) is 8.35. The maximum atomic E-state index is 5.66. The van der Waals surface area contributed by atoms with Crippen molar-refractivity contribution in [1.82, 2.24) is 0 Å². The Morgan fingerprint density at radius 3 is 2.33 bits per heavy atom. The van der Waals surface area contributed by atoms with Crippen LogP contribution in [0.4, 0.5) is 0 Å². The zero-order valence-corrected chi connectivity index (χ0v) is 8.35. The first kappa shape index (κ1) is 8.15. The Morgan fingerprint density at radius 2 is 2.08 bits per heavy atom. The van der Waals surface area contributed by atoms with E-state index in [-0.39, 0.29) is 0 Å². The normalized spacial score (nSPS) is 47.2. The molecule has 0 heterocycles. The van der Waals surface area contributed by atoms with Crippen LogP contribution in [0.15, 0.2) is 11.8 Å². The minimum atomic E-state index is 0.409. The summed E-state index contributed by atoms with van der Waals surface area (Å²) in [4.78, 5) is 0. The fraction of sp³-hybridized carbons (Fsp3) is 0.818. The van der Waals surface area contributed by atoms with Crippen LogP contribution in [0.1, 0.15) is 40.0 Å². The number of fused-ring (bicyclic) bond motifs is 2. The zero-order chi connectivity index (χ0) is 8.98.